The van der Waals surface area contributed by atoms with Gasteiger partial charge in [0.15, 0.2) is 6.54 Å². The lowest BCUT2D eigenvalue weighted by Gasteiger charge is -2.29. The molecule has 3 N–H and O–H groups in total. The van der Waals surface area contributed by atoms with Crippen molar-refractivity contribution in [3.05, 3.63) is 64.7 Å². The Balaban J connectivity index is 1.42. The predicted molar refractivity (Wildman–Crippen MR) is 101 cm³/mol. The van der Waals surface area contributed by atoms with E-state index in [1.54, 1.807) is 17.0 Å². The monoisotopic (exact) mass is 359 g/mol. The fourth-order valence-corrected chi connectivity index (χ4v) is 3.51. The molecule has 25 heavy (non-hydrogen) atoms. The minimum Gasteiger partial charge on any atom is -0.322 e. The number of rotatable bonds is 5. The Bertz CT molecular complexity index is 709. The number of halogens is 1. The number of piperazine rings is 1. The number of carbonyl (C=O) groups is 1. The van der Waals surface area contributed by atoms with Crippen molar-refractivity contribution in [1.82, 2.24) is 0 Å². The summed E-state index contributed by atoms with van der Waals surface area (Å²) in [5, 5.41) is 3.63. The fraction of sp³-hybridized carbons (Fsp3) is 0.350. The zero-order valence-corrected chi connectivity index (χ0v) is 15.4. The number of carbonyl (C=O) groups excluding carboxylic acids is 1. The largest absolute Gasteiger partial charge is 0.322 e. The van der Waals surface area contributed by atoms with E-state index in [9.17, 15) is 4.79 Å². The van der Waals surface area contributed by atoms with Gasteiger partial charge in [-0.15, -0.1) is 0 Å². The Hall–Kier alpha value is -1.88. The maximum absolute atomic E-state index is 12.2. The molecule has 0 spiro atoms. The van der Waals surface area contributed by atoms with Crippen molar-refractivity contribution in [3.8, 4) is 0 Å². The first-order chi connectivity index (χ1) is 12.1. The normalized spacial score (nSPS) is 20.2. The Kier molecular flexibility index (Phi) is 6.08. The van der Waals surface area contributed by atoms with E-state index in [0.717, 1.165) is 38.4 Å². The van der Waals surface area contributed by atoms with Crippen LogP contribution in [0.15, 0.2) is 48.5 Å². The van der Waals surface area contributed by atoms with Crippen LogP contribution in [0, 0.1) is 6.92 Å². The number of hydrogen-bond acceptors (Lipinski definition) is 1. The van der Waals surface area contributed by atoms with Gasteiger partial charge in [0.05, 0.1) is 0 Å². The third-order valence-electron chi connectivity index (χ3n) is 4.74. The Labute approximate surface area is 154 Å². The Morgan fingerprint density at radius 2 is 1.72 bits per heavy atom. The highest BCUT2D eigenvalue weighted by molar-refractivity contribution is 6.30. The van der Waals surface area contributed by atoms with Crippen LogP contribution in [0.5, 0.6) is 0 Å². The Morgan fingerprint density at radius 1 is 1.04 bits per heavy atom. The summed E-state index contributed by atoms with van der Waals surface area (Å²) in [6.07, 6.45) is 0. The van der Waals surface area contributed by atoms with Gasteiger partial charge in [-0.25, -0.2) is 0 Å². The van der Waals surface area contributed by atoms with E-state index < -0.39 is 0 Å². The first kappa shape index (κ1) is 17.9. The zero-order valence-electron chi connectivity index (χ0n) is 14.6. The summed E-state index contributed by atoms with van der Waals surface area (Å²) in [5.41, 5.74) is 3.52. The molecule has 4 nitrogen and oxygen atoms in total. The second-order valence-electron chi connectivity index (χ2n) is 6.90. The van der Waals surface area contributed by atoms with Crippen LogP contribution in [-0.4, -0.2) is 38.6 Å². The summed E-state index contributed by atoms with van der Waals surface area (Å²) in [4.78, 5) is 15.2. The van der Waals surface area contributed by atoms with Crippen molar-refractivity contribution in [2.45, 2.75) is 13.5 Å². The third kappa shape index (κ3) is 5.56. The molecular formula is C20H26ClN3O+2. The molecule has 3 rings (SSSR count). The molecule has 132 valence electrons. The van der Waals surface area contributed by atoms with Crippen molar-refractivity contribution in [3.63, 3.8) is 0 Å². The average molecular weight is 360 g/mol. The van der Waals surface area contributed by atoms with E-state index >= 15 is 0 Å². The molecule has 2 aromatic rings. The molecule has 1 fully saturated rings. The highest BCUT2D eigenvalue weighted by Crippen LogP contribution is 2.12. The number of anilines is 1. The average Bonchev–Trinajstić information content (AvgIpc) is 2.59. The zero-order chi connectivity index (χ0) is 17.6. The van der Waals surface area contributed by atoms with E-state index in [2.05, 4.69) is 36.5 Å². The van der Waals surface area contributed by atoms with Gasteiger partial charge in [-0.3, -0.25) is 4.79 Å². The third-order valence-corrected chi connectivity index (χ3v) is 4.99. The number of amides is 1. The number of hydrogen-bond donors (Lipinski definition) is 3. The molecule has 1 aliphatic rings. The lowest BCUT2D eigenvalue weighted by Crippen LogP contribution is -3.28. The number of benzene rings is 2. The molecule has 1 amide bonds. The van der Waals surface area contributed by atoms with Crippen molar-refractivity contribution in [2.75, 3.05) is 38.0 Å². The molecule has 1 heterocycles. The van der Waals surface area contributed by atoms with Gasteiger partial charge in [-0.05, 0) is 31.2 Å². The second-order valence-corrected chi connectivity index (χ2v) is 7.33. The van der Waals surface area contributed by atoms with Crippen molar-refractivity contribution in [1.29, 1.82) is 0 Å². The minimum absolute atomic E-state index is 0.0689. The number of quaternary nitrogens is 2. The van der Waals surface area contributed by atoms with E-state index in [1.165, 1.54) is 16.0 Å². The summed E-state index contributed by atoms with van der Waals surface area (Å²) in [5.74, 6) is 0.0689. The van der Waals surface area contributed by atoms with Crippen LogP contribution in [0.1, 0.15) is 11.1 Å². The van der Waals surface area contributed by atoms with Crippen LogP contribution in [0.4, 0.5) is 5.69 Å². The molecule has 5 heteroatoms. The quantitative estimate of drug-likeness (QED) is 0.717. The van der Waals surface area contributed by atoms with Gasteiger partial charge in [0.1, 0.15) is 32.7 Å². The van der Waals surface area contributed by atoms with Gasteiger partial charge < -0.3 is 15.1 Å². The van der Waals surface area contributed by atoms with E-state index in [0.29, 0.717) is 11.6 Å². The maximum atomic E-state index is 12.2. The molecular weight excluding hydrogens is 334 g/mol. The summed E-state index contributed by atoms with van der Waals surface area (Å²) >= 11 is 5.86. The second kappa shape index (κ2) is 8.48. The van der Waals surface area contributed by atoms with Gasteiger partial charge in [0.2, 0.25) is 0 Å². The van der Waals surface area contributed by atoms with Gasteiger partial charge in [-0.2, -0.15) is 0 Å². The smallest absolute Gasteiger partial charge is 0.279 e. The number of aryl methyl sites for hydroxylation is 1. The molecule has 0 aromatic heterocycles. The lowest BCUT2D eigenvalue weighted by molar-refractivity contribution is -1.02. The lowest BCUT2D eigenvalue weighted by atomic mass is 10.1. The van der Waals surface area contributed by atoms with Crippen molar-refractivity contribution in [2.24, 2.45) is 0 Å². The molecule has 0 aliphatic carbocycles. The minimum atomic E-state index is 0.0689. The SMILES string of the molecule is Cc1cccc(C[NH+]2CC[NH+](CC(=O)Nc3ccc(Cl)cc3)CC2)c1. The summed E-state index contributed by atoms with van der Waals surface area (Å²) in [6, 6.07) is 16.0. The predicted octanol–water partition coefficient (Wildman–Crippen LogP) is 0.571. The van der Waals surface area contributed by atoms with Gasteiger partial charge >= 0.3 is 0 Å². The molecule has 1 saturated heterocycles. The molecule has 0 unspecified atom stereocenters. The molecule has 0 saturated carbocycles. The van der Waals surface area contributed by atoms with Crippen LogP contribution in [-0.2, 0) is 11.3 Å². The molecule has 0 radical (unpaired) electrons. The van der Waals surface area contributed by atoms with Crippen molar-refractivity contribution < 1.29 is 14.6 Å². The first-order valence-electron chi connectivity index (χ1n) is 8.86. The summed E-state index contributed by atoms with van der Waals surface area (Å²) in [6.45, 7) is 8.03. The summed E-state index contributed by atoms with van der Waals surface area (Å²) < 4.78 is 0. The Morgan fingerprint density at radius 3 is 2.40 bits per heavy atom. The van der Waals surface area contributed by atoms with Gasteiger partial charge in [-0.1, -0.05) is 41.4 Å². The summed E-state index contributed by atoms with van der Waals surface area (Å²) in [7, 11) is 0. The van der Waals surface area contributed by atoms with Crippen LogP contribution in [0.3, 0.4) is 0 Å². The standard InChI is InChI=1S/C20H24ClN3O/c1-16-3-2-4-17(13-16)14-23-9-11-24(12-10-23)15-20(25)22-19-7-5-18(21)6-8-19/h2-8,13H,9-12,14-15H2,1H3,(H,22,25)/p+2. The van der Waals surface area contributed by atoms with Gasteiger partial charge in [0, 0.05) is 16.3 Å². The van der Waals surface area contributed by atoms with E-state index in [4.69, 9.17) is 11.6 Å². The van der Waals surface area contributed by atoms with Crippen LogP contribution < -0.4 is 15.1 Å². The van der Waals surface area contributed by atoms with Crippen LogP contribution in [0.2, 0.25) is 5.02 Å². The van der Waals surface area contributed by atoms with E-state index in [-0.39, 0.29) is 5.91 Å². The molecule has 2 aromatic carbocycles. The highest BCUT2D eigenvalue weighted by Gasteiger charge is 2.24. The maximum Gasteiger partial charge on any atom is 0.279 e. The molecule has 0 bridgehead atoms. The number of nitrogens with one attached hydrogen (secondary N) is 3. The van der Waals surface area contributed by atoms with Gasteiger partial charge in [0.25, 0.3) is 5.91 Å². The highest BCUT2D eigenvalue weighted by atomic mass is 35.5. The molecule has 1 aliphatic heterocycles. The fourth-order valence-electron chi connectivity index (χ4n) is 3.39. The topological polar surface area (TPSA) is 38.0 Å². The van der Waals surface area contributed by atoms with Crippen LogP contribution in [0.25, 0.3) is 0 Å². The van der Waals surface area contributed by atoms with E-state index in [1.807, 2.05) is 12.1 Å². The van der Waals surface area contributed by atoms with Crippen molar-refractivity contribution >= 4 is 23.2 Å². The van der Waals surface area contributed by atoms with Crippen LogP contribution >= 0.6 is 11.6 Å². The molecule has 0 atom stereocenters. The first-order valence-corrected chi connectivity index (χ1v) is 9.24.